The minimum absolute atomic E-state index is 0.417. The molecule has 2 rings (SSSR count). The van der Waals surface area contributed by atoms with Crippen LogP contribution in [0.25, 0.3) is 0 Å². The summed E-state index contributed by atoms with van der Waals surface area (Å²) in [6, 6.07) is 8.56. The van der Waals surface area contributed by atoms with Crippen molar-refractivity contribution in [2.75, 3.05) is 0 Å². The lowest BCUT2D eigenvalue weighted by atomic mass is 9.80. The number of hydrogen-bond acceptors (Lipinski definition) is 2. The van der Waals surface area contributed by atoms with Gasteiger partial charge < -0.3 is 0 Å². The van der Waals surface area contributed by atoms with Crippen molar-refractivity contribution in [1.29, 1.82) is 0 Å². The molecule has 2 atom stereocenters. The molecule has 1 fully saturated rings. The number of hydrogen-bond donors (Lipinski definition) is 2. The van der Waals surface area contributed by atoms with E-state index in [1.54, 1.807) is 0 Å². The minimum atomic E-state index is 0.417. The van der Waals surface area contributed by atoms with Gasteiger partial charge >= 0.3 is 0 Å². The van der Waals surface area contributed by atoms with Gasteiger partial charge in [-0.1, -0.05) is 36.6 Å². The Morgan fingerprint density at radius 1 is 1.13 bits per heavy atom. The lowest BCUT2D eigenvalue weighted by Crippen LogP contribution is -2.41. The molecular formula is C12H17ClN2. The molecule has 2 nitrogen and oxygen atoms in total. The molecule has 0 aromatic heterocycles. The molecule has 0 spiro atoms. The van der Waals surface area contributed by atoms with Crippen molar-refractivity contribution in [3.63, 3.8) is 0 Å². The fourth-order valence-electron chi connectivity index (χ4n) is 2.44. The second-order valence-corrected chi connectivity index (χ2v) is 4.65. The van der Waals surface area contributed by atoms with E-state index in [2.05, 4.69) is 17.6 Å². The van der Waals surface area contributed by atoms with Gasteiger partial charge in [-0.15, -0.1) is 0 Å². The van der Waals surface area contributed by atoms with E-state index in [4.69, 9.17) is 17.4 Å². The standard InChI is InChI=1S/C12H17ClN2/c13-10-7-5-9(6-8-10)11-3-1-2-4-12(11)15-14/h5-8,11-12,15H,1-4,14H2. The summed E-state index contributed by atoms with van der Waals surface area (Å²) in [5.41, 5.74) is 4.28. The number of nitrogens with one attached hydrogen (secondary N) is 1. The van der Waals surface area contributed by atoms with E-state index in [1.165, 1.54) is 31.2 Å². The summed E-state index contributed by atoms with van der Waals surface area (Å²) in [4.78, 5) is 0. The Morgan fingerprint density at radius 3 is 2.47 bits per heavy atom. The van der Waals surface area contributed by atoms with Gasteiger partial charge in [0.1, 0.15) is 0 Å². The minimum Gasteiger partial charge on any atom is -0.271 e. The quantitative estimate of drug-likeness (QED) is 0.599. The maximum Gasteiger partial charge on any atom is 0.0406 e. The van der Waals surface area contributed by atoms with Gasteiger partial charge in [-0.05, 0) is 30.5 Å². The molecule has 1 aromatic carbocycles. The second-order valence-electron chi connectivity index (χ2n) is 4.22. The van der Waals surface area contributed by atoms with Crippen molar-refractivity contribution in [2.24, 2.45) is 5.84 Å². The summed E-state index contributed by atoms with van der Waals surface area (Å²) >= 11 is 5.88. The number of rotatable bonds is 2. The Balaban J connectivity index is 2.16. The average Bonchev–Trinajstić information content (AvgIpc) is 2.30. The van der Waals surface area contributed by atoms with Gasteiger partial charge in [0.05, 0.1) is 0 Å². The molecule has 1 saturated carbocycles. The van der Waals surface area contributed by atoms with Crippen LogP contribution in [0.4, 0.5) is 0 Å². The van der Waals surface area contributed by atoms with E-state index in [-0.39, 0.29) is 0 Å². The van der Waals surface area contributed by atoms with Crippen LogP contribution in [0, 0.1) is 0 Å². The van der Waals surface area contributed by atoms with E-state index in [9.17, 15) is 0 Å². The number of nitrogens with two attached hydrogens (primary N) is 1. The maximum absolute atomic E-state index is 5.88. The molecule has 1 aliphatic carbocycles. The number of benzene rings is 1. The van der Waals surface area contributed by atoms with Gasteiger partial charge in [0.15, 0.2) is 0 Å². The number of hydrazine groups is 1. The largest absolute Gasteiger partial charge is 0.271 e. The number of halogens is 1. The third-order valence-electron chi connectivity index (χ3n) is 3.28. The molecule has 0 amide bonds. The Labute approximate surface area is 95.8 Å². The molecule has 1 aliphatic rings. The highest BCUT2D eigenvalue weighted by Gasteiger charge is 2.25. The Morgan fingerprint density at radius 2 is 1.80 bits per heavy atom. The van der Waals surface area contributed by atoms with E-state index in [0.717, 1.165) is 5.02 Å². The van der Waals surface area contributed by atoms with E-state index in [0.29, 0.717) is 12.0 Å². The van der Waals surface area contributed by atoms with E-state index >= 15 is 0 Å². The molecule has 0 aliphatic heterocycles. The lowest BCUT2D eigenvalue weighted by Gasteiger charge is -2.31. The third-order valence-corrected chi connectivity index (χ3v) is 3.53. The smallest absolute Gasteiger partial charge is 0.0406 e. The highest BCUT2D eigenvalue weighted by molar-refractivity contribution is 6.30. The Hall–Kier alpha value is -0.570. The summed E-state index contributed by atoms with van der Waals surface area (Å²) in [5, 5.41) is 0.798. The zero-order valence-electron chi connectivity index (χ0n) is 8.75. The molecule has 0 bridgehead atoms. The highest BCUT2D eigenvalue weighted by atomic mass is 35.5. The first-order valence-electron chi connectivity index (χ1n) is 5.53. The molecule has 15 heavy (non-hydrogen) atoms. The molecule has 0 radical (unpaired) electrons. The summed E-state index contributed by atoms with van der Waals surface area (Å²) < 4.78 is 0. The van der Waals surface area contributed by atoms with Gasteiger partial charge in [0.2, 0.25) is 0 Å². The Bertz CT molecular complexity index is 310. The van der Waals surface area contributed by atoms with Crippen molar-refractivity contribution < 1.29 is 0 Å². The van der Waals surface area contributed by atoms with Crippen LogP contribution in [0.2, 0.25) is 5.02 Å². The van der Waals surface area contributed by atoms with Crippen LogP contribution >= 0.6 is 11.6 Å². The van der Waals surface area contributed by atoms with Crippen LogP contribution in [-0.2, 0) is 0 Å². The van der Waals surface area contributed by atoms with Gasteiger partial charge in [0, 0.05) is 17.0 Å². The van der Waals surface area contributed by atoms with Crippen LogP contribution in [-0.4, -0.2) is 6.04 Å². The summed E-state index contributed by atoms with van der Waals surface area (Å²) in [6.45, 7) is 0. The highest BCUT2D eigenvalue weighted by Crippen LogP contribution is 2.33. The molecule has 82 valence electrons. The molecule has 0 saturated heterocycles. The van der Waals surface area contributed by atoms with Crippen LogP contribution in [0.1, 0.15) is 37.2 Å². The molecule has 3 heteroatoms. The van der Waals surface area contributed by atoms with Gasteiger partial charge in [-0.3, -0.25) is 11.3 Å². The third kappa shape index (κ3) is 2.51. The topological polar surface area (TPSA) is 38.0 Å². The molecule has 0 heterocycles. The fourth-order valence-corrected chi connectivity index (χ4v) is 2.57. The SMILES string of the molecule is NNC1CCCCC1c1ccc(Cl)cc1. The monoisotopic (exact) mass is 224 g/mol. The summed E-state index contributed by atoms with van der Waals surface area (Å²) in [5.74, 6) is 6.13. The average molecular weight is 225 g/mol. The van der Waals surface area contributed by atoms with Gasteiger partial charge in [-0.2, -0.15) is 0 Å². The molecule has 1 aromatic rings. The van der Waals surface area contributed by atoms with E-state index < -0.39 is 0 Å². The fraction of sp³-hybridized carbons (Fsp3) is 0.500. The second kappa shape index (κ2) is 4.97. The summed E-state index contributed by atoms with van der Waals surface area (Å²) in [7, 11) is 0. The molecule has 3 N–H and O–H groups in total. The van der Waals surface area contributed by atoms with Crippen LogP contribution < -0.4 is 11.3 Å². The first-order chi connectivity index (χ1) is 7.31. The van der Waals surface area contributed by atoms with Crippen molar-refractivity contribution in [3.8, 4) is 0 Å². The zero-order valence-corrected chi connectivity index (χ0v) is 9.50. The Kier molecular flexibility index (Phi) is 3.62. The predicted molar refractivity (Wildman–Crippen MR) is 63.8 cm³/mol. The summed E-state index contributed by atoms with van der Waals surface area (Å²) in [6.07, 6.45) is 4.96. The van der Waals surface area contributed by atoms with Crippen molar-refractivity contribution in [3.05, 3.63) is 34.9 Å². The normalized spacial score (nSPS) is 26.5. The van der Waals surface area contributed by atoms with Crippen LogP contribution in [0.3, 0.4) is 0 Å². The lowest BCUT2D eigenvalue weighted by molar-refractivity contribution is 0.331. The van der Waals surface area contributed by atoms with Crippen molar-refractivity contribution in [2.45, 2.75) is 37.6 Å². The maximum atomic E-state index is 5.88. The van der Waals surface area contributed by atoms with Gasteiger partial charge in [0.25, 0.3) is 0 Å². The molecular weight excluding hydrogens is 208 g/mol. The van der Waals surface area contributed by atoms with Crippen LogP contribution in [0.5, 0.6) is 0 Å². The van der Waals surface area contributed by atoms with Crippen molar-refractivity contribution >= 4 is 11.6 Å². The van der Waals surface area contributed by atoms with Crippen LogP contribution in [0.15, 0.2) is 24.3 Å². The van der Waals surface area contributed by atoms with Gasteiger partial charge in [-0.25, -0.2) is 0 Å². The first kappa shape index (κ1) is 10.9. The zero-order chi connectivity index (χ0) is 10.7. The van der Waals surface area contributed by atoms with Crippen molar-refractivity contribution in [1.82, 2.24) is 5.43 Å². The van der Waals surface area contributed by atoms with E-state index in [1.807, 2.05) is 12.1 Å². The predicted octanol–water partition coefficient (Wildman–Crippen LogP) is 2.83. The molecule has 2 unspecified atom stereocenters. The first-order valence-corrected chi connectivity index (χ1v) is 5.90.